The van der Waals surface area contributed by atoms with Gasteiger partial charge in [0.25, 0.3) is 0 Å². The lowest BCUT2D eigenvalue weighted by molar-refractivity contribution is 0.113. The molecule has 0 aliphatic heterocycles. The molecule has 0 bridgehead atoms. The lowest BCUT2D eigenvalue weighted by Crippen LogP contribution is -2.30. The van der Waals surface area contributed by atoms with Gasteiger partial charge in [-0.2, -0.15) is 0 Å². The van der Waals surface area contributed by atoms with E-state index in [0.717, 1.165) is 31.1 Å². The lowest BCUT2D eigenvalue weighted by Gasteiger charge is -2.42. The molecule has 0 amide bonds. The van der Waals surface area contributed by atoms with Crippen LogP contribution in [0.3, 0.4) is 0 Å². The first-order chi connectivity index (χ1) is 14.5. The van der Waals surface area contributed by atoms with Crippen molar-refractivity contribution in [1.29, 1.82) is 0 Å². The summed E-state index contributed by atoms with van der Waals surface area (Å²) in [6.07, 6.45) is 10.6. The summed E-state index contributed by atoms with van der Waals surface area (Å²) in [5.41, 5.74) is 0.410. The van der Waals surface area contributed by atoms with Gasteiger partial charge in [-0.25, -0.2) is 13.2 Å². The molecule has 1 nitrogen and oxygen atoms in total. The first-order valence-electron chi connectivity index (χ1n) is 11.4. The molecule has 0 saturated heterocycles. The van der Waals surface area contributed by atoms with Crippen molar-refractivity contribution < 1.29 is 17.9 Å². The molecule has 2 aliphatic carbocycles. The Morgan fingerprint density at radius 1 is 1.00 bits per heavy atom. The highest BCUT2D eigenvalue weighted by molar-refractivity contribution is 5.86. The second-order valence-electron chi connectivity index (χ2n) is 9.17. The van der Waals surface area contributed by atoms with E-state index in [1.165, 1.54) is 44.2 Å². The van der Waals surface area contributed by atoms with Crippen molar-refractivity contribution in [3.63, 3.8) is 0 Å². The number of fused-ring (bicyclic) bond motifs is 2. The fraction of sp³-hybridized carbons (Fsp3) is 0.538. The zero-order valence-electron chi connectivity index (χ0n) is 17.7. The molecular formula is C26H31F3O. The van der Waals surface area contributed by atoms with E-state index in [9.17, 15) is 8.78 Å². The van der Waals surface area contributed by atoms with Crippen LogP contribution in [0, 0.1) is 35.2 Å². The van der Waals surface area contributed by atoms with E-state index in [2.05, 4.69) is 13.5 Å². The van der Waals surface area contributed by atoms with Crippen molar-refractivity contribution in [2.24, 2.45) is 17.8 Å². The number of hydrogen-bond acceptors (Lipinski definition) is 1. The second-order valence-corrected chi connectivity index (χ2v) is 9.17. The monoisotopic (exact) mass is 416 g/mol. The zero-order valence-corrected chi connectivity index (χ0v) is 17.7. The maximum atomic E-state index is 15.1. The fourth-order valence-corrected chi connectivity index (χ4v) is 5.88. The summed E-state index contributed by atoms with van der Waals surface area (Å²) in [5.74, 6) is -0.768. The van der Waals surface area contributed by atoms with Crippen LogP contribution in [0.1, 0.15) is 69.8 Å². The molecule has 0 spiro atoms. The lowest BCUT2D eigenvalue weighted by atomic mass is 9.63. The smallest absolute Gasteiger partial charge is 0.175 e. The van der Waals surface area contributed by atoms with Crippen LogP contribution in [0.5, 0.6) is 5.75 Å². The minimum Gasteiger partial charge on any atom is -0.486 e. The SMILES string of the molecule is C=CCOc1ccc2cc(C3CCC4CC(CCC)CCC4C3)c(F)c(F)c2c1F. The van der Waals surface area contributed by atoms with Gasteiger partial charge in [0, 0.05) is 0 Å². The topological polar surface area (TPSA) is 9.23 Å². The zero-order chi connectivity index (χ0) is 21.3. The van der Waals surface area contributed by atoms with Crippen LogP contribution in [-0.4, -0.2) is 6.61 Å². The highest BCUT2D eigenvalue weighted by Crippen LogP contribution is 2.49. The molecule has 2 aromatic carbocycles. The van der Waals surface area contributed by atoms with Gasteiger partial charge in [-0.1, -0.05) is 44.9 Å². The summed E-state index contributed by atoms with van der Waals surface area (Å²) in [5, 5.41) is 0.0627. The van der Waals surface area contributed by atoms with Crippen LogP contribution in [0.15, 0.2) is 30.9 Å². The van der Waals surface area contributed by atoms with E-state index in [0.29, 0.717) is 16.9 Å². The summed E-state index contributed by atoms with van der Waals surface area (Å²) >= 11 is 0. The van der Waals surface area contributed by atoms with Gasteiger partial charge in [-0.3, -0.25) is 0 Å². The molecule has 2 aliphatic rings. The molecule has 0 N–H and O–H groups in total. The number of rotatable bonds is 6. The summed E-state index contributed by atoms with van der Waals surface area (Å²) < 4.78 is 50.0. The molecule has 0 aromatic heterocycles. The van der Waals surface area contributed by atoms with E-state index in [1.807, 2.05) is 0 Å². The van der Waals surface area contributed by atoms with Gasteiger partial charge < -0.3 is 4.74 Å². The van der Waals surface area contributed by atoms with Gasteiger partial charge in [0.1, 0.15) is 6.61 Å². The molecule has 162 valence electrons. The Morgan fingerprint density at radius 2 is 1.77 bits per heavy atom. The predicted molar refractivity (Wildman–Crippen MR) is 115 cm³/mol. The summed E-state index contributed by atoms with van der Waals surface area (Å²) in [7, 11) is 0. The van der Waals surface area contributed by atoms with E-state index in [4.69, 9.17) is 4.74 Å². The minimum atomic E-state index is -1.10. The van der Waals surface area contributed by atoms with Crippen molar-refractivity contribution in [2.75, 3.05) is 6.61 Å². The van der Waals surface area contributed by atoms with Gasteiger partial charge in [-0.15, -0.1) is 0 Å². The average molecular weight is 417 g/mol. The van der Waals surface area contributed by atoms with Gasteiger partial charge >= 0.3 is 0 Å². The van der Waals surface area contributed by atoms with Crippen LogP contribution < -0.4 is 4.74 Å². The Morgan fingerprint density at radius 3 is 2.53 bits per heavy atom. The van der Waals surface area contributed by atoms with E-state index in [1.54, 1.807) is 12.1 Å². The first kappa shape index (κ1) is 21.3. The van der Waals surface area contributed by atoms with Crippen molar-refractivity contribution in [1.82, 2.24) is 0 Å². The fourth-order valence-electron chi connectivity index (χ4n) is 5.88. The second kappa shape index (κ2) is 9.03. The third kappa shape index (κ3) is 3.98. The Kier molecular flexibility index (Phi) is 6.40. The Balaban J connectivity index is 1.59. The molecule has 4 heteroatoms. The standard InChI is InChI=1S/C26H31F3O/c1-3-5-16-6-7-18-14-19(9-8-17(18)13-16)21-15-20-10-11-22(30-12-4-2)25(28)23(20)26(29)24(21)27/h4,10-11,15-19H,2-3,5-9,12-14H2,1H3. The Bertz CT molecular complexity index is 922. The minimum absolute atomic E-state index is 0.00706. The normalized spacial score (nSPS) is 26.4. The molecular weight excluding hydrogens is 385 g/mol. The molecule has 30 heavy (non-hydrogen) atoms. The molecule has 0 heterocycles. The number of hydrogen-bond donors (Lipinski definition) is 0. The van der Waals surface area contributed by atoms with Crippen molar-refractivity contribution in [3.8, 4) is 5.75 Å². The molecule has 2 saturated carbocycles. The third-order valence-electron chi connectivity index (χ3n) is 7.33. The van der Waals surface area contributed by atoms with Crippen LogP contribution in [0.2, 0.25) is 0 Å². The number of benzene rings is 2. The third-order valence-corrected chi connectivity index (χ3v) is 7.33. The quantitative estimate of drug-likeness (QED) is 0.435. The van der Waals surface area contributed by atoms with Gasteiger partial charge in [-0.05, 0) is 78.9 Å². The number of halogens is 3. The average Bonchev–Trinajstić information content (AvgIpc) is 2.75. The molecule has 2 fully saturated rings. The van der Waals surface area contributed by atoms with Crippen LogP contribution in [0.25, 0.3) is 10.8 Å². The van der Waals surface area contributed by atoms with Gasteiger partial charge in [0.15, 0.2) is 23.2 Å². The molecule has 2 aromatic rings. The molecule has 4 rings (SSSR count). The van der Waals surface area contributed by atoms with Crippen LogP contribution in [-0.2, 0) is 0 Å². The Hall–Kier alpha value is -1.97. The van der Waals surface area contributed by atoms with Gasteiger partial charge in [0.05, 0.1) is 5.39 Å². The maximum Gasteiger partial charge on any atom is 0.175 e. The van der Waals surface area contributed by atoms with Crippen LogP contribution >= 0.6 is 0 Å². The molecule has 0 radical (unpaired) electrons. The summed E-state index contributed by atoms with van der Waals surface area (Å²) in [6.45, 7) is 5.88. The predicted octanol–water partition coefficient (Wildman–Crippen LogP) is 7.92. The van der Waals surface area contributed by atoms with E-state index >= 15 is 4.39 Å². The highest BCUT2D eigenvalue weighted by atomic mass is 19.2. The van der Waals surface area contributed by atoms with Crippen molar-refractivity contribution in [3.05, 3.63) is 53.9 Å². The van der Waals surface area contributed by atoms with Gasteiger partial charge in [0.2, 0.25) is 0 Å². The van der Waals surface area contributed by atoms with E-state index in [-0.39, 0.29) is 23.7 Å². The summed E-state index contributed by atoms with van der Waals surface area (Å²) in [4.78, 5) is 0. The molecule has 4 atom stereocenters. The largest absolute Gasteiger partial charge is 0.486 e. The first-order valence-corrected chi connectivity index (χ1v) is 11.4. The number of ether oxygens (including phenoxy) is 1. The Labute approximate surface area is 177 Å². The van der Waals surface area contributed by atoms with Crippen molar-refractivity contribution >= 4 is 10.8 Å². The molecule has 4 unspecified atom stereocenters. The maximum absolute atomic E-state index is 15.1. The summed E-state index contributed by atoms with van der Waals surface area (Å²) in [6, 6.07) is 4.75. The van der Waals surface area contributed by atoms with Crippen molar-refractivity contribution in [2.45, 2.75) is 64.2 Å². The highest BCUT2D eigenvalue weighted by Gasteiger charge is 2.37. The van der Waals surface area contributed by atoms with Crippen LogP contribution in [0.4, 0.5) is 13.2 Å². The van der Waals surface area contributed by atoms with E-state index < -0.39 is 17.5 Å².